The standard InChI is InChI=1S/C18H25NO3/c1-3-12(2)19-18(20)11-15(13-4-5-13)14-6-7-16-17(10-14)22-9-8-21-16/h6-7,10,12-13,15H,3-5,8-9,11H2,1-2H3,(H,19,20). The third-order valence-electron chi connectivity index (χ3n) is 4.61. The minimum Gasteiger partial charge on any atom is -0.486 e. The monoisotopic (exact) mass is 303 g/mol. The van der Waals surface area contributed by atoms with Gasteiger partial charge in [0, 0.05) is 12.5 Å². The van der Waals surface area contributed by atoms with Crippen molar-refractivity contribution in [3.05, 3.63) is 23.8 Å². The van der Waals surface area contributed by atoms with Gasteiger partial charge in [-0.25, -0.2) is 0 Å². The number of carbonyl (C=O) groups is 1. The predicted octanol–water partition coefficient (Wildman–Crippen LogP) is 3.26. The van der Waals surface area contributed by atoms with Crippen LogP contribution in [0, 0.1) is 5.92 Å². The first-order chi connectivity index (χ1) is 10.7. The van der Waals surface area contributed by atoms with Crippen LogP contribution in [0.25, 0.3) is 0 Å². The van der Waals surface area contributed by atoms with Crippen molar-refractivity contribution >= 4 is 5.91 Å². The molecule has 0 aromatic heterocycles. The second-order valence-electron chi connectivity index (χ2n) is 6.43. The van der Waals surface area contributed by atoms with E-state index in [-0.39, 0.29) is 11.9 Å². The largest absolute Gasteiger partial charge is 0.486 e. The van der Waals surface area contributed by atoms with Crippen LogP contribution in [-0.4, -0.2) is 25.2 Å². The van der Waals surface area contributed by atoms with Gasteiger partial charge in [0.15, 0.2) is 11.5 Å². The van der Waals surface area contributed by atoms with Crippen molar-refractivity contribution in [1.29, 1.82) is 0 Å². The minimum atomic E-state index is 0.154. The van der Waals surface area contributed by atoms with Gasteiger partial charge >= 0.3 is 0 Å². The molecule has 0 radical (unpaired) electrons. The minimum absolute atomic E-state index is 0.154. The Morgan fingerprint density at radius 3 is 2.68 bits per heavy atom. The van der Waals surface area contributed by atoms with Gasteiger partial charge in [-0.2, -0.15) is 0 Å². The van der Waals surface area contributed by atoms with E-state index in [1.807, 2.05) is 13.0 Å². The summed E-state index contributed by atoms with van der Waals surface area (Å²) in [5, 5.41) is 3.08. The molecule has 22 heavy (non-hydrogen) atoms. The summed E-state index contributed by atoms with van der Waals surface area (Å²) in [6, 6.07) is 6.37. The number of carbonyl (C=O) groups excluding carboxylic acids is 1. The van der Waals surface area contributed by atoms with E-state index in [0.717, 1.165) is 17.9 Å². The fourth-order valence-electron chi connectivity index (χ4n) is 2.98. The summed E-state index contributed by atoms with van der Waals surface area (Å²) in [6.07, 6.45) is 3.96. The van der Waals surface area contributed by atoms with Crippen LogP contribution in [0.5, 0.6) is 11.5 Å². The average molecular weight is 303 g/mol. The highest BCUT2D eigenvalue weighted by Crippen LogP contribution is 2.46. The molecule has 1 amide bonds. The van der Waals surface area contributed by atoms with Crippen LogP contribution in [0.1, 0.15) is 51.0 Å². The predicted molar refractivity (Wildman–Crippen MR) is 85.4 cm³/mol. The van der Waals surface area contributed by atoms with Gasteiger partial charge in [0.05, 0.1) is 0 Å². The summed E-state index contributed by atoms with van der Waals surface area (Å²) in [6.45, 7) is 5.34. The summed E-state index contributed by atoms with van der Waals surface area (Å²) in [4.78, 5) is 12.3. The molecule has 2 atom stereocenters. The molecule has 4 nitrogen and oxygen atoms in total. The van der Waals surface area contributed by atoms with E-state index < -0.39 is 0 Å². The molecule has 1 heterocycles. The summed E-state index contributed by atoms with van der Waals surface area (Å²) in [5.41, 5.74) is 1.20. The quantitative estimate of drug-likeness (QED) is 0.877. The first-order valence-corrected chi connectivity index (χ1v) is 8.36. The van der Waals surface area contributed by atoms with E-state index in [0.29, 0.717) is 31.5 Å². The number of fused-ring (bicyclic) bond motifs is 1. The molecule has 120 valence electrons. The maximum absolute atomic E-state index is 12.3. The van der Waals surface area contributed by atoms with Crippen molar-refractivity contribution in [2.45, 2.75) is 51.5 Å². The van der Waals surface area contributed by atoms with Crippen LogP contribution in [-0.2, 0) is 4.79 Å². The third kappa shape index (κ3) is 3.54. The van der Waals surface area contributed by atoms with Gasteiger partial charge in [-0.05, 0) is 55.7 Å². The van der Waals surface area contributed by atoms with Crippen LogP contribution >= 0.6 is 0 Å². The maximum atomic E-state index is 12.3. The molecule has 4 heteroatoms. The Morgan fingerprint density at radius 2 is 2.00 bits per heavy atom. The molecule has 3 rings (SSSR count). The van der Waals surface area contributed by atoms with Crippen molar-refractivity contribution in [3.63, 3.8) is 0 Å². The van der Waals surface area contributed by atoms with E-state index in [1.165, 1.54) is 18.4 Å². The second kappa shape index (κ2) is 6.59. The second-order valence-corrected chi connectivity index (χ2v) is 6.43. The molecule has 1 aliphatic carbocycles. The zero-order valence-electron chi connectivity index (χ0n) is 13.4. The number of rotatable bonds is 6. The molecule has 0 bridgehead atoms. The Hall–Kier alpha value is -1.71. The zero-order chi connectivity index (χ0) is 15.5. The van der Waals surface area contributed by atoms with Crippen LogP contribution in [0.4, 0.5) is 0 Å². The van der Waals surface area contributed by atoms with Gasteiger partial charge in [0.25, 0.3) is 0 Å². The lowest BCUT2D eigenvalue weighted by Gasteiger charge is -2.22. The topological polar surface area (TPSA) is 47.6 Å². The molecule has 1 aromatic carbocycles. The first kappa shape index (κ1) is 15.2. The average Bonchev–Trinajstić information content (AvgIpc) is 3.36. The Balaban J connectivity index is 1.72. The Bertz CT molecular complexity index is 539. The molecular weight excluding hydrogens is 278 g/mol. The normalized spacial score (nSPS) is 19.4. The fourth-order valence-corrected chi connectivity index (χ4v) is 2.98. The SMILES string of the molecule is CCC(C)NC(=O)CC(c1ccc2c(c1)OCCO2)C1CC1. The third-order valence-corrected chi connectivity index (χ3v) is 4.61. The zero-order valence-corrected chi connectivity index (χ0v) is 13.4. The molecule has 1 aliphatic heterocycles. The fraction of sp³-hybridized carbons (Fsp3) is 0.611. The van der Waals surface area contributed by atoms with E-state index in [1.54, 1.807) is 0 Å². The van der Waals surface area contributed by atoms with Crippen molar-refractivity contribution in [3.8, 4) is 11.5 Å². The molecule has 1 fully saturated rings. The van der Waals surface area contributed by atoms with Gasteiger partial charge in [0.1, 0.15) is 13.2 Å². The lowest BCUT2D eigenvalue weighted by atomic mass is 9.90. The van der Waals surface area contributed by atoms with Crippen molar-refractivity contribution in [1.82, 2.24) is 5.32 Å². The number of benzene rings is 1. The van der Waals surface area contributed by atoms with E-state index in [9.17, 15) is 4.79 Å². The van der Waals surface area contributed by atoms with Gasteiger partial charge in [-0.1, -0.05) is 13.0 Å². The van der Waals surface area contributed by atoms with Gasteiger partial charge in [0.2, 0.25) is 5.91 Å². The Morgan fingerprint density at radius 1 is 1.27 bits per heavy atom. The molecule has 2 aliphatic rings. The molecule has 1 N–H and O–H groups in total. The number of amides is 1. The van der Waals surface area contributed by atoms with E-state index in [2.05, 4.69) is 24.4 Å². The van der Waals surface area contributed by atoms with E-state index >= 15 is 0 Å². The number of nitrogens with one attached hydrogen (secondary N) is 1. The summed E-state index contributed by atoms with van der Waals surface area (Å²) in [7, 11) is 0. The molecular formula is C18H25NO3. The van der Waals surface area contributed by atoms with Crippen molar-refractivity contribution in [2.24, 2.45) is 5.92 Å². The highest BCUT2D eigenvalue weighted by Gasteiger charge is 2.34. The molecule has 1 aromatic rings. The van der Waals surface area contributed by atoms with Gasteiger partial charge in [-0.15, -0.1) is 0 Å². The number of hydrogen-bond donors (Lipinski definition) is 1. The lowest BCUT2D eigenvalue weighted by Crippen LogP contribution is -2.33. The van der Waals surface area contributed by atoms with Crippen LogP contribution in [0.2, 0.25) is 0 Å². The van der Waals surface area contributed by atoms with Crippen LogP contribution in [0.3, 0.4) is 0 Å². The molecule has 1 saturated carbocycles. The lowest BCUT2D eigenvalue weighted by molar-refractivity contribution is -0.122. The number of ether oxygens (including phenoxy) is 2. The first-order valence-electron chi connectivity index (χ1n) is 8.36. The molecule has 0 spiro atoms. The Labute approximate surface area is 132 Å². The van der Waals surface area contributed by atoms with Gasteiger partial charge in [-0.3, -0.25) is 4.79 Å². The van der Waals surface area contributed by atoms with Crippen molar-refractivity contribution in [2.75, 3.05) is 13.2 Å². The van der Waals surface area contributed by atoms with Crippen LogP contribution in [0.15, 0.2) is 18.2 Å². The summed E-state index contributed by atoms with van der Waals surface area (Å²) < 4.78 is 11.3. The molecule has 2 unspecified atom stereocenters. The highest BCUT2D eigenvalue weighted by atomic mass is 16.6. The Kier molecular flexibility index (Phi) is 4.55. The van der Waals surface area contributed by atoms with Crippen molar-refractivity contribution < 1.29 is 14.3 Å². The maximum Gasteiger partial charge on any atom is 0.220 e. The highest BCUT2D eigenvalue weighted by molar-refractivity contribution is 5.77. The summed E-state index contributed by atoms with van der Waals surface area (Å²) >= 11 is 0. The molecule has 0 saturated heterocycles. The van der Waals surface area contributed by atoms with E-state index in [4.69, 9.17) is 9.47 Å². The van der Waals surface area contributed by atoms with Crippen LogP contribution < -0.4 is 14.8 Å². The number of hydrogen-bond acceptors (Lipinski definition) is 3. The van der Waals surface area contributed by atoms with Gasteiger partial charge < -0.3 is 14.8 Å². The summed E-state index contributed by atoms with van der Waals surface area (Å²) in [5.74, 6) is 2.71. The smallest absolute Gasteiger partial charge is 0.220 e.